The van der Waals surface area contributed by atoms with Crippen molar-refractivity contribution in [1.29, 1.82) is 0 Å². The van der Waals surface area contributed by atoms with Crippen LogP contribution in [0.4, 0.5) is 0 Å². The average molecular weight is 245 g/mol. The van der Waals surface area contributed by atoms with Gasteiger partial charge in [-0.05, 0) is 18.1 Å². The first-order valence-corrected chi connectivity index (χ1v) is 6.78. The molecular formula is C10H15NO4S. The van der Waals surface area contributed by atoms with Gasteiger partial charge < -0.3 is 4.42 Å². The topological polar surface area (TPSA) is 76.4 Å². The third-order valence-corrected chi connectivity index (χ3v) is 2.33. The van der Waals surface area contributed by atoms with Gasteiger partial charge in [0.25, 0.3) is 5.91 Å². The van der Waals surface area contributed by atoms with Crippen molar-refractivity contribution >= 4 is 15.9 Å². The summed E-state index contributed by atoms with van der Waals surface area (Å²) < 4.78 is 28.7. The number of sulfonamides is 1. The van der Waals surface area contributed by atoms with E-state index >= 15 is 0 Å². The molecule has 1 aromatic rings. The number of amides is 1. The van der Waals surface area contributed by atoms with Gasteiger partial charge in [-0.3, -0.25) is 4.79 Å². The Morgan fingerprint density at radius 1 is 1.44 bits per heavy atom. The van der Waals surface area contributed by atoms with Crippen molar-refractivity contribution in [1.82, 2.24) is 4.72 Å². The van der Waals surface area contributed by atoms with Crippen molar-refractivity contribution < 1.29 is 17.6 Å². The highest BCUT2D eigenvalue weighted by Gasteiger charge is 2.15. The van der Waals surface area contributed by atoms with Crippen LogP contribution >= 0.6 is 0 Å². The highest BCUT2D eigenvalue weighted by molar-refractivity contribution is 7.89. The third-order valence-electron chi connectivity index (χ3n) is 1.77. The number of hydrogen-bond donors (Lipinski definition) is 1. The zero-order valence-corrected chi connectivity index (χ0v) is 10.3. The Kier molecular flexibility index (Phi) is 3.74. The number of carbonyl (C=O) groups is 1. The summed E-state index contributed by atoms with van der Waals surface area (Å²) in [4.78, 5) is 11.4. The molecule has 0 atom stereocenters. The quantitative estimate of drug-likeness (QED) is 0.863. The maximum atomic E-state index is 11.4. The SMILES string of the molecule is CC(C)Cc1ccc(C(=O)NS(C)(=O)=O)o1. The number of carbonyl (C=O) groups excluding carboxylic acids is 1. The van der Waals surface area contributed by atoms with E-state index < -0.39 is 15.9 Å². The molecule has 0 spiro atoms. The van der Waals surface area contributed by atoms with E-state index in [2.05, 4.69) is 0 Å². The normalized spacial score (nSPS) is 11.8. The average Bonchev–Trinajstić information content (AvgIpc) is 2.48. The number of rotatable bonds is 4. The lowest BCUT2D eigenvalue weighted by Crippen LogP contribution is -2.28. The second-order valence-corrected chi connectivity index (χ2v) is 5.82. The van der Waals surface area contributed by atoms with Crippen LogP contribution in [0.5, 0.6) is 0 Å². The molecule has 0 fully saturated rings. The molecule has 1 N–H and O–H groups in total. The molecule has 0 unspecified atom stereocenters. The fourth-order valence-electron chi connectivity index (χ4n) is 1.23. The highest BCUT2D eigenvalue weighted by Crippen LogP contribution is 2.12. The summed E-state index contributed by atoms with van der Waals surface area (Å²) in [6.07, 6.45) is 1.63. The van der Waals surface area contributed by atoms with Crippen LogP contribution in [0.2, 0.25) is 0 Å². The predicted molar refractivity (Wildman–Crippen MR) is 59.6 cm³/mol. The van der Waals surface area contributed by atoms with Gasteiger partial charge in [-0.25, -0.2) is 13.1 Å². The molecule has 0 saturated carbocycles. The lowest BCUT2D eigenvalue weighted by molar-refractivity contribution is 0.0952. The molecule has 0 aromatic carbocycles. The van der Waals surface area contributed by atoms with Gasteiger partial charge in [0.15, 0.2) is 5.76 Å². The van der Waals surface area contributed by atoms with Crippen molar-refractivity contribution in [2.45, 2.75) is 20.3 Å². The van der Waals surface area contributed by atoms with Crippen LogP contribution in [0.3, 0.4) is 0 Å². The second kappa shape index (κ2) is 4.69. The standard InChI is InChI=1S/C10H15NO4S/c1-7(2)6-8-4-5-9(15-8)10(12)11-16(3,13)14/h4-5,7H,6H2,1-3H3,(H,11,12). The lowest BCUT2D eigenvalue weighted by Gasteiger charge is -2.01. The van der Waals surface area contributed by atoms with Crippen molar-refractivity contribution in [3.8, 4) is 0 Å². The summed E-state index contributed by atoms with van der Waals surface area (Å²) in [6.45, 7) is 4.05. The first kappa shape index (κ1) is 12.8. The first-order valence-electron chi connectivity index (χ1n) is 4.89. The molecule has 5 nitrogen and oxygen atoms in total. The van der Waals surface area contributed by atoms with Crippen molar-refractivity contribution in [3.05, 3.63) is 23.7 Å². The lowest BCUT2D eigenvalue weighted by atomic mass is 10.1. The van der Waals surface area contributed by atoms with E-state index in [1.807, 2.05) is 18.6 Å². The van der Waals surface area contributed by atoms with Crippen molar-refractivity contribution in [2.75, 3.05) is 6.26 Å². The first-order chi connectivity index (χ1) is 7.28. The van der Waals surface area contributed by atoms with E-state index in [0.29, 0.717) is 18.1 Å². The summed E-state index contributed by atoms with van der Waals surface area (Å²) >= 11 is 0. The van der Waals surface area contributed by atoms with Gasteiger partial charge in [0.2, 0.25) is 10.0 Å². The Morgan fingerprint density at radius 3 is 2.56 bits per heavy atom. The van der Waals surface area contributed by atoms with E-state index in [0.717, 1.165) is 6.26 Å². The van der Waals surface area contributed by atoms with Gasteiger partial charge in [0.05, 0.1) is 6.26 Å². The summed E-state index contributed by atoms with van der Waals surface area (Å²) in [5, 5.41) is 0. The Hall–Kier alpha value is -1.30. The number of furan rings is 1. The van der Waals surface area contributed by atoms with Gasteiger partial charge >= 0.3 is 0 Å². The van der Waals surface area contributed by atoms with Crippen molar-refractivity contribution in [3.63, 3.8) is 0 Å². The molecule has 0 aliphatic rings. The van der Waals surface area contributed by atoms with Crippen LogP contribution < -0.4 is 4.72 Å². The van der Waals surface area contributed by atoms with Gasteiger partial charge in [0.1, 0.15) is 5.76 Å². The molecule has 0 aliphatic heterocycles. The highest BCUT2D eigenvalue weighted by atomic mass is 32.2. The Balaban J connectivity index is 2.74. The molecule has 0 saturated heterocycles. The second-order valence-electron chi connectivity index (χ2n) is 4.07. The fraction of sp³-hybridized carbons (Fsp3) is 0.500. The molecular weight excluding hydrogens is 230 g/mol. The van der Waals surface area contributed by atoms with E-state index in [1.54, 1.807) is 6.07 Å². The molecule has 0 aliphatic carbocycles. The summed E-state index contributed by atoms with van der Waals surface area (Å²) in [6, 6.07) is 3.15. The van der Waals surface area contributed by atoms with Crippen LogP contribution in [-0.2, 0) is 16.4 Å². The smallest absolute Gasteiger partial charge is 0.300 e. The number of hydrogen-bond acceptors (Lipinski definition) is 4. The Bertz CT molecular complexity index is 473. The van der Waals surface area contributed by atoms with Gasteiger partial charge in [-0.1, -0.05) is 13.8 Å². The van der Waals surface area contributed by atoms with E-state index in [-0.39, 0.29) is 5.76 Å². The largest absolute Gasteiger partial charge is 0.456 e. The molecule has 1 rings (SSSR count). The fourth-order valence-corrected chi connectivity index (χ4v) is 1.67. The molecule has 90 valence electrons. The molecule has 0 radical (unpaired) electrons. The van der Waals surface area contributed by atoms with E-state index in [1.165, 1.54) is 6.07 Å². The minimum atomic E-state index is -3.54. The van der Waals surface area contributed by atoms with Crippen LogP contribution in [0.1, 0.15) is 30.2 Å². The predicted octanol–water partition coefficient (Wildman–Crippen LogP) is 1.17. The van der Waals surface area contributed by atoms with Gasteiger partial charge in [0, 0.05) is 6.42 Å². The van der Waals surface area contributed by atoms with Gasteiger partial charge in [-0.15, -0.1) is 0 Å². The maximum absolute atomic E-state index is 11.4. The van der Waals surface area contributed by atoms with Crippen LogP contribution in [0, 0.1) is 5.92 Å². The molecule has 6 heteroatoms. The maximum Gasteiger partial charge on any atom is 0.300 e. The molecule has 1 aromatic heterocycles. The van der Waals surface area contributed by atoms with Crippen LogP contribution in [0.15, 0.2) is 16.5 Å². The number of nitrogens with one attached hydrogen (secondary N) is 1. The zero-order chi connectivity index (χ0) is 12.3. The summed E-state index contributed by atoms with van der Waals surface area (Å²) in [7, 11) is -3.54. The molecule has 16 heavy (non-hydrogen) atoms. The Morgan fingerprint density at radius 2 is 2.06 bits per heavy atom. The van der Waals surface area contributed by atoms with E-state index in [9.17, 15) is 13.2 Å². The zero-order valence-electron chi connectivity index (χ0n) is 9.48. The van der Waals surface area contributed by atoms with Crippen LogP contribution in [-0.4, -0.2) is 20.6 Å². The summed E-state index contributed by atoms with van der Waals surface area (Å²) in [5.74, 6) is 0.365. The van der Waals surface area contributed by atoms with Crippen molar-refractivity contribution in [2.24, 2.45) is 5.92 Å². The van der Waals surface area contributed by atoms with Gasteiger partial charge in [-0.2, -0.15) is 0 Å². The monoisotopic (exact) mass is 245 g/mol. The molecule has 1 heterocycles. The van der Waals surface area contributed by atoms with Crippen LogP contribution in [0.25, 0.3) is 0 Å². The third kappa shape index (κ3) is 4.06. The molecule has 1 amide bonds. The molecule has 0 bridgehead atoms. The Labute approximate surface area is 94.9 Å². The van der Waals surface area contributed by atoms with E-state index in [4.69, 9.17) is 4.42 Å². The minimum absolute atomic E-state index is 0.0149. The minimum Gasteiger partial charge on any atom is -0.456 e. The summed E-state index contributed by atoms with van der Waals surface area (Å²) in [5.41, 5.74) is 0.